The van der Waals surface area contributed by atoms with Gasteiger partial charge in [-0.3, -0.25) is 5.43 Å². The van der Waals surface area contributed by atoms with E-state index in [1.165, 1.54) is 19.3 Å². The minimum atomic E-state index is -0.664. The molecule has 2 rings (SSSR count). The fourth-order valence-electron chi connectivity index (χ4n) is 2.80. The molecule has 112 valence electrons. The van der Waals surface area contributed by atoms with E-state index in [4.69, 9.17) is 23.2 Å². The summed E-state index contributed by atoms with van der Waals surface area (Å²) in [5, 5.41) is 13.7. The predicted octanol–water partition coefficient (Wildman–Crippen LogP) is 3.79. The van der Waals surface area contributed by atoms with Gasteiger partial charge in [-0.2, -0.15) is 0 Å². The number of aliphatic hydroxyl groups is 1. The van der Waals surface area contributed by atoms with Crippen LogP contribution in [0.25, 0.3) is 0 Å². The van der Waals surface area contributed by atoms with E-state index in [0.29, 0.717) is 34.2 Å². The Morgan fingerprint density at radius 1 is 1.30 bits per heavy atom. The topological polar surface area (TPSA) is 35.5 Å². The quantitative estimate of drug-likeness (QED) is 0.887. The van der Waals surface area contributed by atoms with Crippen LogP contribution in [0.1, 0.15) is 44.8 Å². The average Bonchev–Trinajstić information content (AvgIpc) is 2.40. The molecule has 1 aliphatic rings. The molecule has 5 heteroatoms. The number of aliphatic hydroxyl groups excluding tert-OH is 1. The van der Waals surface area contributed by atoms with E-state index in [-0.39, 0.29) is 0 Å². The minimum absolute atomic E-state index is 0.439. The van der Waals surface area contributed by atoms with Gasteiger partial charge >= 0.3 is 0 Å². The lowest BCUT2D eigenvalue weighted by molar-refractivity contribution is 0.0263. The van der Waals surface area contributed by atoms with Crippen molar-refractivity contribution in [1.82, 2.24) is 10.4 Å². The van der Waals surface area contributed by atoms with Crippen LogP contribution in [0.4, 0.5) is 0 Å². The molecule has 2 N–H and O–H groups in total. The number of nitrogens with zero attached hydrogens (tertiary/aromatic N) is 1. The Labute approximate surface area is 130 Å². The molecular weight excluding hydrogens is 295 g/mol. The van der Waals surface area contributed by atoms with Crippen molar-refractivity contribution in [2.45, 2.75) is 51.3 Å². The molecule has 1 aliphatic heterocycles. The fraction of sp³-hybridized carbons (Fsp3) is 0.600. The van der Waals surface area contributed by atoms with Gasteiger partial charge in [0.2, 0.25) is 0 Å². The lowest BCUT2D eigenvalue weighted by Crippen LogP contribution is -2.52. The van der Waals surface area contributed by atoms with Gasteiger partial charge in [0.1, 0.15) is 0 Å². The molecule has 1 fully saturated rings. The molecule has 3 nitrogen and oxygen atoms in total. The number of nitrogens with one attached hydrogen (secondary N) is 1. The van der Waals surface area contributed by atoms with Crippen molar-refractivity contribution in [2.24, 2.45) is 0 Å². The van der Waals surface area contributed by atoms with Gasteiger partial charge in [0.05, 0.1) is 6.10 Å². The average molecular weight is 317 g/mol. The maximum absolute atomic E-state index is 10.3. The predicted molar refractivity (Wildman–Crippen MR) is 84.0 cm³/mol. The van der Waals surface area contributed by atoms with E-state index in [0.717, 1.165) is 0 Å². The molecule has 0 bridgehead atoms. The number of benzene rings is 1. The molecule has 1 aromatic rings. The summed E-state index contributed by atoms with van der Waals surface area (Å²) >= 11 is 12.1. The third-order valence-electron chi connectivity index (χ3n) is 3.98. The van der Waals surface area contributed by atoms with Gasteiger partial charge in [0.25, 0.3) is 0 Å². The molecule has 1 saturated heterocycles. The molecule has 3 atom stereocenters. The number of halogens is 2. The SMILES string of the molecule is CC1CCCC(C)N1NCC(O)c1cc(Cl)ccc1Cl. The van der Waals surface area contributed by atoms with Crippen LogP contribution in [0.2, 0.25) is 10.0 Å². The summed E-state index contributed by atoms with van der Waals surface area (Å²) in [5.41, 5.74) is 4.02. The smallest absolute Gasteiger partial charge is 0.0943 e. The van der Waals surface area contributed by atoms with Gasteiger partial charge in [-0.05, 0) is 44.9 Å². The largest absolute Gasteiger partial charge is 0.387 e. The summed E-state index contributed by atoms with van der Waals surface area (Å²) in [6, 6.07) is 6.14. The van der Waals surface area contributed by atoms with E-state index >= 15 is 0 Å². The number of hydrogen-bond donors (Lipinski definition) is 2. The number of rotatable bonds is 4. The summed E-state index contributed by atoms with van der Waals surface area (Å²) in [6.45, 7) is 4.86. The van der Waals surface area contributed by atoms with Crippen molar-refractivity contribution in [3.05, 3.63) is 33.8 Å². The molecule has 1 heterocycles. The van der Waals surface area contributed by atoms with Crippen LogP contribution in [0.3, 0.4) is 0 Å². The number of hydrogen-bond acceptors (Lipinski definition) is 3. The molecule has 0 amide bonds. The van der Waals surface area contributed by atoms with Crippen LogP contribution >= 0.6 is 23.2 Å². The third-order valence-corrected chi connectivity index (χ3v) is 4.56. The van der Waals surface area contributed by atoms with Crippen molar-refractivity contribution in [3.63, 3.8) is 0 Å². The zero-order valence-electron chi connectivity index (χ0n) is 11.9. The van der Waals surface area contributed by atoms with E-state index in [2.05, 4.69) is 24.3 Å². The Bertz CT molecular complexity index is 445. The van der Waals surface area contributed by atoms with Crippen molar-refractivity contribution in [2.75, 3.05) is 6.54 Å². The van der Waals surface area contributed by atoms with Crippen LogP contribution < -0.4 is 5.43 Å². The number of piperidine rings is 1. The van der Waals surface area contributed by atoms with Gasteiger partial charge in [0, 0.05) is 34.2 Å². The highest BCUT2D eigenvalue weighted by Crippen LogP contribution is 2.27. The summed E-state index contributed by atoms with van der Waals surface area (Å²) in [7, 11) is 0. The lowest BCUT2D eigenvalue weighted by atomic mass is 10.00. The molecular formula is C15H22Cl2N2O. The van der Waals surface area contributed by atoms with Gasteiger partial charge in [0.15, 0.2) is 0 Å². The molecule has 20 heavy (non-hydrogen) atoms. The van der Waals surface area contributed by atoms with Gasteiger partial charge in [-0.25, -0.2) is 5.01 Å². The molecule has 0 aliphatic carbocycles. The highest BCUT2D eigenvalue weighted by Gasteiger charge is 2.25. The maximum Gasteiger partial charge on any atom is 0.0943 e. The van der Waals surface area contributed by atoms with E-state index in [1.807, 2.05) is 0 Å². The molecule has 1 aromatic carbocycles. The molecule has 0 radical (unpaired) electrons. The first-order valence-corrected chi connectivity index (χ1v) is 7.89. The zero-order valence-corrected chi connectivity index (χ0v) is 13.5. The van der Waals surface area contributed by atoms with Crippen molar-refractivity contribution >= 4 is 23.2 Å². The monoisotopic (exact) mass is 316 g/mol. The highest BCUT2D eigenvalue weighted by atomic mass is 35.5. The Balaban J connectivity index is 1.97. The summed E-state index contributed by atoms with van der Waals surface area (Å²) in [5.74, 6) is 0. The highest BCUT2D eigenvalue weighted by molar-refractivity contribution is 6.33. The first-order valence-electron chi connectivity index (χ1n) is 7.14. The fourth-order valence-corrected chi connectivity index (χ4v) is 3.23. The van der Waals surface area contributed by atoms with Crippen molar-refractivity contribution < 1.29 is 5.11 Å². The molecule has 0 spiro atoms. The van der Waals surface area contributed by atoms with Crippen LogP contribution in [0, 0.1) is 0 Å². The van der Waals surface area contributed by atoms with E-state index in [1.54, 1.807) is 18.2 Å². The molecule has 3 unspecified atom stereocenters. The Kier molecular flexibility index (Phi) is 5.70. The van der Waals surface area contributed by atoms with E-state index < -0.39 is 6.10 Å². The standard InChI is InChI=1S/C15H22Cl2N2O/c1-10-4-3-5-11(2)19(10)18-9-15(20)13-8-12(16)6-7-14(13)17/h6-8,10-11,15,18,20H,3-5,9H2,1-2H3. The second kappa shape index (κ2) is 7.10. The zero-order chi connectivity index (χ0) is 14.7. The summed E-state index contributed by atoms with van der Waals surface area (Å²) < 4.78 is 0. The van der Waals surface area contributed by atoms with Crippen LogP contribution in [0.5, 0.6) is 0 Å². The Morgan fingerprint density at radius 2 is 1.95 bits per heavy atom. The molecule has 0 aromatic heterocycles. The third kappa shape index (κ3) is 3.86. The lowest BCUT2D eigenvalue weighted by Gasteiger charge is -2.39. The van der Waals surface area contributed by atoms with Crippen LogP contribution in [0.15, 0.2) is 18.2 Å². The Hall–Kier alpha value is -0.320. The first-order chi connectivity index (χ1) is 9.49. The van der Waals surface area contributed by atoms with Gasteiger partial charge in [-0.15, -0.1) is 0 Å². The van der Waals surface area contributed by atoms with Gasteiger partial charge < -0.3 is 5.11 Å². The minimum Gasteiger partial charge on any atom is -0.387 e. The normalized spacial score (nSPS) is 25.6. The summed E-state index contributed by atoms with van der Waals surface area (Å²) in [4.78, 5) is 0. The second-order valence-corrected chi connectivity index (χ2v) is 6.42. The van der Waals surface area contributed by atoms with Crippen molar-refractivity contribution in [3.8, 4) is 0 Å². The van der Waals surface area contributed by atoms with Gasteiger partial charge in [-0.1, -0.05) is 29.6 Å². The Morgan fingerprint density at radius 3 is 2.60 bits per heavy atom. The molecule has 0 saturated carbocycles. The first kappa shape index (κ1) is 16.1. The van der Waals surface area contributed by atoms with Crippen molar-refractivity contribution in [1.29, 1.82) is 0 Å². The number of hydrazine groups is 1. The summed E-state index contributed by atoms with van der Waals surface area (Å²) in [6.07, 6.45) is 2.97. The van der Waals surface area contributed by atoms with E-state index in [9.17, 15) is 5.11 Å². The second-order valence-electron chi connectivity index (χ2n) is 5.58. The van der Waals surface area contributed by atoms with Crippen LogP contribution in [-0.4, -0.2) is 28.7 Å². The van der Waals surface area contributed by atoms with Crippen LogP contribution in [-0.2, 0) is 0 Å². The maximum atomic E-state index is 10.3.